The molecule has 2 N–H and O–H groups in total. The van der Waals surface area contributed by atoms with Crippen molar-refractivity contribution in [3.05, 3.63) is 34.9 Å². The molecule has 0 fully saturated rings. The molecule has 0 amide bonds. The van der Waals surface area contributed by atoms with E-state index >= 15 is 0 Å². The monoisotopic (exact) mass is 291 g/mol. The van der Waals surface area contributed by atoms with Crippen LogP contribution in [0.2, 0.25) is 5.02 Å². The molecule has 0 aliphatic heterocycles. The van der Waals surface area contributed by atoms with Gasteiger partial charge < -0.3 is 5.11 Å². The summed E-state index contributed by atoms with van der Waals surface area (Å²) in [5.41, 5.74) is -1.52. The molecular formula is C11H14ClNO4S. The van der Waals surface area contributed by atoms with Gasteiger partial charge in [0.15, 0.2) is 5.54 Å². The van der Waals surface area contributed by atoms with Crippen LogP contribution in [0.25, 0.3) is 0 Å². The van der Waals surface area contributed by atoms with E-state index in [0.717, 1.165) is 6.26 Å². The summed E-state index contributed by atoms with van der Waals surface area (Å²) in [4.78, 5) is 11.5. The molecule has 0 heterocycles. The van der Waals surface area contributed by atoms with Gasteiger partial charge in [-0.25, -0.2) is 13.2 Å². The number of aliphatic carboxylic acids is 1. The average molecular weight is 292 g/mol. The Labute approximate surface area is 111 Å². The van der Waals surface area contributed by atoms with Crippen LogP contribution in [-0.4, -0.2) is 25.7 Å². The van der Waals surface area contributed by atoms with Crippen molar-refractivity contribution in [3.63, 3.8) is 0 Å². The number of rotatable bonds is 5. The molecule has 18 heavy (non-hydrogen) atoms. The molecular weight excluding hydrogens is 278 g/mol. The Morgan fingerprint density at radius 1 is 1.44 bits per heavy atom. The molecule has 1 rings (SSSR count). The fraction of sp³-hybridized carbons (Fsp3) is 0.364. The zero-order chi connectivity index (χ0) is 14.0. The maximum Gasteiger partial charge on any atom is 0.329 e. The lowest BCUT2D eigenvalue weighted by Crippen LogP contribution is -2.51. The second-order valence-electron chi connectivity index (χ2n) is 3.92. The number of hydrogen-bond donors (Lipinski definition) is 2. The van der Waals surface area contributed by atoms with Gasteiger partial charge in [-0.2, -0.15) is 4.72 Å². The van der Waals surface area contributed by atoms with Crippen LogP contribution in [-0.2, 0) is 20.4 Å². The fourth-order valence-electron chi connectivity index (χ4n) is 1.75. The molecule has 100 valence electrons. The van der Waals surface area contributed by atoms with Gasteiger partial charge in [-0.1, -0.05) is 36.7 Å². The average Bonchev–Trinajstić information content (AvgIpc) is 2.25. The molecule has 1 atom stereocenters. The highest BCUT2D eigenvalue weighted by Crippen LogP contribution is 2.31. The molecule has 0 saturated carbocycles. The van der Waals surface area contributed by atoms with Crippen LogP contribution in [0, 0.1) is 0 Å². The van der Waals surface area contributed by atoms with Crippen molar-refractivity contribution >= 4 is 27.6 Å². The van der Waals surface area contributed by atoms with Gasteiger partial charge in [0.05, 0.1) is 6.26 Å². The van der Waals surface area contributed by atoms with E-state index in [1.165, 1.54) is 12.1 Å². The molecule has 0 aromatic heterocycles. The Kier molecular flexibility index (Phi) is 4.37. The highest BCUT2D eigenvalue weighted by atomic mass is 35.5. The first kappa shape index (κ1) is 14.9. The number of carbonyl (C=O) groups is 1. The lowest BCUT2D eigenvalue weighted by Gasteiger charge is -2.29. The quantitative estimate of drug-likeness (QED) is 0.863. The molecule has 1 unspecified atom stereocenters. The van der Waals surface area contributed by atoms with Crippen LogP contribution in [0.3, 0.4) is 0 Å². The van der Waals surface area contributed by atoms with Gasteiger partial charge in [-0.05, 0) is 12.5 Å². The second-order valence-corrected chi connectivity index (χ2v) is 6.07. The van der Waals surface area contributed by atoms with Gasteiger partial charge in [0.2, 0.25) is 10.0 Å². The SMILES string of the molecule is CCC(NS(C)(=O)=O)(C(=O)O)c1ccccc1Cl. The van der Waals surface area contributed by atoms with Crippen molar-refractivity contribution in [3.8, 4) is 0 Å². The van der Waals surface area contributed by atoms with Crippen LogP contribution in [0.1, 0.15) is 18.9 Å². The zero-order valence-electron chi connectivity index (χ0n) is 9.97. The summed E-state index contributed by atoms with van der Waals surface area (Å²) < 4.78 is 24.9. The summed E-state index contributed by atoms with van der Waals surface area (Å²) in [6, 6.07) is 6.28. The highest BCUT2D eigenvalue weighted by Gasteiger charge is 2.42. The van der Waals surface area contributed by atoms with Gasteiger partial charge in [0, 0.05) is 10.6 Å². The number of hydrogen-bond acceptors (Lipinski definition) is 3. The van der Waals surface area contributed by atoms with Crippen LogP contribution >= 0.6 is 11.6 Å². The van der Waals surface area contributed by atoms with Crippen molar-refractivity contribution in [1.29, 1.82) is 0 Å². The van der Waals surface area contributed by atoms with Crippen LogP contribution in [0.15, 0.2) is 24.3 Å². The number of carboxylic acids is 1. The smallest absolute Gasteiger partial charge is 0.329 e. The van der Waals surface area contributed by atoms with Crippen LogP contribution in [0.5, 0.6) is 0 Å². The maximum absolute atomic E-state index is 11.5. The van der Waals surface area contributed by atoms with Crippen molar-refractivity contribution < 1.29 is 18.3 Å². The Bertz CT molecular complexity index is 558. The molecule has 0 bridgehead atoms. The van der Waals surface area contributed by atoms with Gasteiger partial charge in [-0.15, -0.1) is 0 Å². The minimum absolute atomic E-state index is 0.0408. The molecule has 0 aliphatic rings. The number of carboxylic acid groups (broad SMARTS) is 1. The van der Waals surface area contributed by atoms with Crippen LogP contribution < -0.4 is 4.72 Å². The van der Waals surface area contributed by atoms with E-state index in [1.807, 2.05) is 0 Å². The minimum atomic E-state index is -3.69. The normalized spacial score (nSPS) is 15.1. The molecule has 0 aliphatic carbocycles. The van der Waals surface area contributed by atoms with E-state index < -0.39 is 21.5 Å². The van der Waals surface area contributed by atoms with E-state index in [-0.39, 0.29) is 17.0 Å². The van der Waals surface area contributed by atoms with Crippen molar-refractivity contribution in [2.24, 2.45) is 0 Å². The molecule has 0 saturated heterocycles. The van der Waals surface area contributed by atoms with Crippen molar-refractivity contribution in [2.75, 3.05) is 6.26 Å². The van der Waals surface area contributed by atoms with Crippen molar-refractivity contribution in [1.82, 2.24) is 4.72 Å². The summed E-state index contributed by atoms with van der Waals surface area (Å²) in [6.45, 7) is 1.58. The summed E-state index contributed by atoms with van der Waals surface area (Å²) in [7, 11) is -3.69. The number of benzene rings is 1. The summed E-state index contributed by atoms with van der Waals surface area (Å²) in [5, 5.41) is 9.59. The molecule has 0 spiro atoms. The third-order valence-electron chi connectivity index (χ3n) is 2.59. The largest absolute Gasteiger partial charge is 0.480 e. The first-order valence-corrected chi connectivity index (χ1v) is 7.47. The molecule has 7 heteroatoms. The molecule has 1 aromatic rings. The Balaban J connectivity index is 3.47. The van der Waals surface area contributed by atoms with Crippen molar-refractivity contribution in [2.45, 2.75) is 18.9 Å². The summed E-state index contributed by atoms with van der Waals surface area (Å²) >= 11 is 5.96. The first-order chi connectivity index (χ1) is 8.23. The number of sulfonamides is 1. The number of halogens is 1. The van der Waals surface area contributed by atoms with Crippen LogP contribution in [0.4, 0.5) is 0 Å². The number of nitrogens with one attached hydrogen (secondary N) is 1. The van der Waals surface area contributed by atoms with E-state index in [1.54, 1.807) is 19.1 Å². The van der Waals surface area contributed by atoms with E-state index in [9.17, 15) is 18.3 Å². The Hall–Kier alpha value is -1.11. The topological polar surface area (TPSA) is 83.5 Å². The lowest BCUT2D eigenvalue weighted by atomic mass is 9.88. The van der Waals surface area contributed by atoms with Gasteiger partial charge in [-0.3, -0.25) is 0 Å². The molecule has 5 nitrogen and oxygen atoms in total. The lowest BCUT2D eigenvalue weighted by molar-refractivity contribution is -0.144. The van der Waals surface area contributed by atoms with E-state index in [4.69, 9.17) is 11.6 Å². The predicted molar refractivity (Wildman–Crippen MR) is 69.0 cm³/mol. The standard InChI is InChI=1S/C11H14ClNO4S/c1-3-11(10(14)15,13-18(2,16)17)8-6-4-5-7-9(8)12/h4-7,13H,3H2,1-2H3,(H,14,15). The molecule has 0 radical (unpaired) electrons. The van der Waals surface area contributed by atoms with E-state index in [2.05, 4.69) is 4.72 Å². The predicted octanol–water partition coefficient (Wildman–Crippen LogP) is 1.58. The van der Waals surface area contributed by atoms with Gasteiger partial charge >= 0.3 is 5.97 Å². The van der Waals surface area contributed by atoms with E-state index in [0.29, 0.717) is 0 Å². The Morgan fingerprint density at radius 3 is 2.39 bits per heavy atom. The highest BCUT2D eigenvalue weighted by molar-refractivity contribution is 7.88. The third-order valence-corrected chi connectivity index (χ3v) is 3.64. The zero-order valence-corrected chi connectivity index (χ0v) is 11.5. The Morgan fingerprint density at radius 2 is 2.00 bits per heavy atom. The maximum atomic E-state index is 11.5. The second kappa shape index (κ2) is 5.26. The molecule has 1 aromatic carbocycles. The summed E-state index contributed by atoms with van der Waals surface area (Å²) in [5.74, 6) is -1.29. The van der Waals surface area contributed by atoms with Gasteiger partial charge in [0.1, 0.15) is 0 Å². The van der Waals surface area contributed by atoms with Gasteiger partial charge in [0.25, 0.3) is 0 Å². The summed E-state index contributed by atoms with van der Waals surface area (Å²) in [6.07, 6.45) is 0.955. The third kappa shape index (κ3) is 3.01. The first-order valence-electron chi connectivity index (χ1n) is 5.20. The minimum Gasteiger partial charge on any atom is -0.480 e. The fourth-order valence-corrected chi connectivity index (χ4v) is 3.02.